The third-order valence-corrected chi connectivity index (χ3v) is 2.09. The van der Waals surface area contributed by atoms with E-state index in [1.807, 2.05) is 0 Å². The number of anilines is 1. The minimum Gasteiger partial charge on any atom is -0.325 e. The third-order valence-electron chi connectivity index (χ3n) is 1.58. The molecule has 1 aromatic carbocycles. The van der Waals surface area contributed by atoms with Crippen LogP contribution in [0.15, 0.2) is 18.2 Å². The van der Waals surface area contributed by atoms with Gasteiger partial charge in [0.05, 0.1) is 5.33 Å². The number of amides is 1. The second kappa shape index (κ2) is 4.37. The van der Waals surface area contributed by atoms with E-state index in [4.69, 9.17) is 0 Å². The summed E-state index contributed by atoms with van der Waals surface area (Å²) < 4.78 is 12.6. The maximum atomic E-state index is 12.6. The molecule has 0 atom stereocenters. The van der Waals surface area contributed by atoms with Gasteiger partial charge in [0.15, 0.2) is 0 Å². The van der Waals surface area contributed by atoms with Gasteiger partial charge in [-0.2, -0.15) is 0 Å². The Balaban J connectivity index is 2.83. The molecular formula is C9H9BrFNO. The molecule has 70 valence electrons. The van der Waals surface area contributed by atoms with Gasteiger partial charge in [0.1, 0.15) is 5.82 Å². The lowest BCUT2D eigenvalue weighted by atomic mass is 10.2. The van der Waals surface area contributed by atoms with E-state index in [-0.39, 0.29) is 17.1 Å². The van der Waals surface area contributed by atoms with Crippen LogP contribution in [0.25, 0.3) is 0 Å². The van der Waals surface area contributed by atoms with Gasteiger partial charge in [-0.1, -0.05) is 15.9 Å². The molecule has 0 spiro atoms. The molecular weight excluding hydrogens is 237 g/mol. The Morgan fingerprint density at radius 3 is 2.85 bits per heavy atom. The quantitative estimate of drug-likeness (QED) is 0.798. The molecule has 4 heteroatoms. The van der Waals surface area contributed by atoms with Crippen molar-refractivity contribution in [3.63, 3.8) is 0 Å². The summed E-state index contributed by atoms with van der Waals surface area (Å²) in [4.78, 5) is 11.0. The first-order chi connectivity index (χ1) is 6.13. The van der Waals surface area contributed by atoms with Crippen molar-refractivity contribution in [1.29, 1.82) is 0 Å². The average molecular weight is 246 g/mol. The number of carbonyl (C=O) groups is 1. The molecule has 0 aromatic heterocycles. The second-order valence-electron chi connectivity index (χ2n) is 2.64. The Morgan fingerprint density at radius 1 is 1.62 bits per heavy atom. The minimum absolute atomic E-state index is 0.144. The van der Waals surface area contributed by atoms with Gasteiger partial charge in [-0.15, -0.1) is 0 Å². The van der Waals surface area contributed by atoms with Crippen molar-refractivity contribution in [2.75, 3.05) is 10.6 Å². The van der Waals surface area contributed by atoms with Gasteiger partial charge < -0.3 is 5.32 Å². The summed E-state index contributed by atoms with van der Waals surface area (Å²) in [6, 6.07) is 4.24. The molecule has 0 bridgehead atoms. The zero-order valence-electron chi connectivity index (χ0n) is 7.10. The number of aryl methyl sites for hydroxylation is 1. The maximum absolute atomic E-state index is 12.6. The number of alkyl halides is 1. The summed E-state index contributed by atoms with van der Waals surface area (Å²) in [5.74, 6) is -0.441. The molecule has 0 aliphatic rings. The van der Waals surface area contributed by atoms with Crippen molar-refractivity contribution in [1.82, 2.24) is 0 Å². The van der Waals surface area contributed by atoms with E-state index in [1.54, 1.807) is 13.0 Å². The summed E-state index contributed by atoms with van der Waals surface area (Å²) in [5.41, 5.74) is 1.36. The molecule has 1 N–H and O–H groups in total. The van der Waals surface area contributed by atoms with Crippen LogP contribution in [-0.4, -0.2) is 11.2 Å². The first kappa shape index (κ1) is 10.2. The Hall–Kier alpha value is -0.900. The van der Waals surface area contributed by atoms with Crippen LogP contribution in [0.2, 0.25) is 0 Å². The predicted molar refractivity (Wildman–Crippen MR) is 53.6 cm³/mol. The average Bonchev–Trinajstić information content (AvgIpc) is 2.09. The molecule has 0 radical (unpaired) electrons. The smallest absolute Gasteiger partial charge is 0.235 e. The van der Waals surface area contributed by atoms with Gasteiger partial charge in [0, 0.05) is 5.69 Å². The van der Waals surface area contributed by atoms with Crippen LogP contribution in [0.4, 0.5) is 10.1 Å². The van der Waals surface area contributed by atoms with Crippen LogP contribution in [0.1, 0.15) is 5.56 Å². The van der Waals surface area contributed by atoms with Gasteiger partial charge in [0.25, 0.3) is 0 Å². The van der Waals surface area contributed by atoms with E-state index in [0.29, 0.717) is 11.3 Å². The molecule has 0 unspecified atom stereocenters. The minimum atomic E-state index is -0.297. The van der Waals surface area contributed by atoms with Crippen LogP contribution in [0.3, 0.4) is 0 Å². The van der Waals surface area contributed by atoms with Gasteiger partial charge in [-0.25, -0.2) is 4.39 Å². The number of hydrogen-bond donors (Lipinski definition) is 1. The Kier molecular flexibility index (Phi) is 3.42. The Bertz CT molecular complexity index is 327. The van der Waals surface area contributed by atoms with E-state index in [9.17, 15) is 9.18 Å². The first-order valence-electron chi connectivity index (χ1n) is 3.75. The second-order valence-corrected chi connectivity index (χ2v) is 3.20. The lowest BCUT2D eigenvalue weighted by molar-refractivity contribution is -0.113. The van der Waals surface area contributed by atoms with E-state index in [1.165, 1.54) is 12.1 Å². The highest BCUT2D eigenvalue weighted by molar-refractivity contribution is 9.09. The van der Waals surface area contributed by atoms with E-state index < -0.39 is 0 Å². The zero-order valence-corrected chi connectivity index (χ0v) is 8.69. The molecule has 1 amide bonds. The summed E-state index contributed by atoms with van der Waals surface area (Å²) in [7, 11) is 0. The monoisotopic (exact) mass is 245 g/mol. The highest BCUT2D eigenvalue weighted by Gasteiger charge is 2.03. The molecule has 1 rings (SSSR count). The fraction of sp³-hybridized carbons (Fsp3) is 0.222. The highest BCUT2D eigenvalue weighted by atomic mass is 79.9. The zero-order chi connectivity index (χ0) is 9.84. The molecule has 13 heavy (non-hydrogen) atoms. The number of hydrogen-bond acceptors (Lipinski definition) is 1. The number of rotatable bonds is 2. The molecule has 0 saturated carbocycles. The van der Waals surface area contributed by atoms with Crippen LogP contribution >= 0.6 is 15.9 Å². The standard InChI is InChI=1S/C9H9BrFNO/c1-6-4-7(11)2-3-8(6)12-9(13)5-10/h2-4H,5H2,1H3,(H,12,13). The fourth-order valence-electron chi connectivity index (χ4n) is 0.951. The largest absolute Gasteiger partial charge is 0.325 e. The fourth-order valence-corrected chi connectivity index (χ4v) is 1.09. The van der Waals surface area contributed by atoms with Gasteiger partial charge in [0.2, 0.25) is 5.91 Å². The van der Waals surface area contributed by atoms with E-state index in [0.717, 1.165) is 0 Å². The first-order valence-corrected chi connectivity index (χ1v) is 4.87. The van der Waals surface area contributed by atoms with Crippen molar-refractivity contribution in [3.8, 4) is 0 Å². The highest BCUT2D eigenvalue weighted by Crippen LogP contribution is 2.15. The molecule has 0 saturated heterocycles. The van der Waals surface area contributed by atoms with Crippen molar-refractivity contribution in [2.45, 2.75) is 6.92 Å². The van der Waals surface area contributed by atoms with E-state index >= 15 is 0 Å². The Labute approximate surface area is 84.3 Å². The third kappa shape index (κ3) is 2.81. The van der Waals surface area contributed by atoms with Crippen LogP contribution < -0.4 is 5.32 Å². The number of carbonyl (C=O) groups excluding carboxylic acids is 1. The van der Waals surface area contributed by atoms with Crippen LogP contribution in [0.5, 0.6) is 0 Å². The van der Waals surface area contributed by atoms with Gasteiger partial charge in [-0.05, 0) is 30.7 Å². The van der Waals surface area contributed by atoms with Crippen molar-refractivity contribution < 1.29 is 9.18 Å². The SMILES string of the molecule is Cc1cc(F)ccc1NC(=O)CBr. The van der Waals surface area contributed by atoms with Crippen molar-refractivity contribution in [3.05, 3.63) is 29.6 Å². The molecule has 1 aromatic rings. The number of nitrogens with one attached hydrogen (secondary N) is 1. The molecule has 0 heterocycles. The van der Waals surface area contributed by atoms with E-state index in [2.05, 4.69) is 21.2 Å². The number of halogens is 2. The summed E-state index contributed by atoms with van der Waals surface area (Å²) in [5, 5.41) is 2.87. The lowest BCUT2D eigenvalue weighted by Crippen LogP contribution is -2.13. The predicted octanol–water partition coefficient (Wildman–Crippen LogP) is 2.47. The van der Waals surface area contributed by atoms with Crippen molar-refractivity contribution in [2.24, 2.45) is 0 Å². The lowest BCUT2D eigenvalue weighted by Gasteiger charge is -2.06. The van der Waals surface area contributed by atoms with Gasteiger partial charge >= 0.3 is 0 Å². The molecule has 0 aliphatic carbocycles. The van der Waals surface area contributed by atoms with Crippen molar-refractivity contribution >= 4 is 27.5 Å². The number of benzene rings is 1. The van der Waals surface area contributed by atoms with Gasteiger partial charge in [-0.3, -0.25) is 4.79 Å². The topological polar surface area (TPSA) is 29.1 Å². The maximum Gasteiger partial charge on any atom is 0.235 e. The summed E-state index contributed by atoms with van der Waals surface area (Å²) in [6.07, 6.45) is 0. The normalized spacial score (nSPS) is 9.77. The molecule has 2 nitrogen and oxygen atoms in total. The van der Waals surface area contributed by atoms with Crippen LogP contribution in [0, 0.1) is 12.7 Å². The molecule has 0 fully saturated rings. The summed E-state index contributed by atoms with van der Waals surface area (Å²) >= 11 is 3.03. The molecule has 0 aliphatic heterocycles. The summed E-state index contributed by atoms with van der Waals surface area (Å²) in [6.45, 7) is 1.74. The Morgan fingerprint density at radius 2 is 2.31 bits per heavy atom. The van der Waals surface area contributed by atoms with Crippen LogP contribution in [-0.2, 0) is 4.79 Å².